The number of aliphatic carboxylic acids is 1. The van der Waals surface area contributed by atoms with E-state index in [9.17, 15) is 24.6 Å². The van der Waals surface area contributed by atoms with Crippen LogP contribution in [0.2, 0.25) is 0 Å². The zero-order chi connectivity index (χ0) is 21.3. The number of carboxylic acids is 1. The number of carbonyl (C=O) groups excluding carboxylic acids is 2. The topological polar surface area (TPSA) is 110 Å². The molecular formula is C19H27N3O5S. The molecule has 3 rings (SSSR count). The molecule has 3 heterocycles. The molecular weight excluding hydrogens is 382 g/mol. The van der Waals surface area contributed by atoms with Crippen LogP contribution in [0.1, 0.15) is 20.3 Å². The molecule has 0 aromatic carbocycles. The number of hydrogen-bond acceptors (Lipinski definition) is 6. The van der Waals surface area contributed by atoms with Crippen molar-refractivity contribution in [3.8, 4) is 12.8 Å². The number of nitrogens with zero attached hydrogens (tertiary/aromatic N) is 2. The molecule has 3 aliphatic heterocycles. The van der Waals surface area contributed by atoms with Gasteiger partial charge in [0.15, 0.2) is 0 Å². The van der Waals surface area contributed by atoms with Crippen molar-refractivity contribution in [3.05, 3.63) is 10.6 Å². The van der Waals surface area contributed by atoms with E-state index < -0.39 is 18.0 Å². The number of rotatable bonds is 5. The van der Waals surface area contributed by atoms with Gasteiger partial charge in [-0.05, 0) is 13.3 Å². The van der Waals surface area contributed by atoms with Gasteiger partial charge in [-0.3, -0.25) is 9.59 Å². The van der Waals surface area contributed by atoms with Crippen molar-refractivity contribution in [1.82, 2.24) is 15.1 Å². The second kappa shape index (κ2) is 8.55. The number of nitrogens with one attached hydrogen (secondary N) is 1. The van der Waals surface area contributed by atoms with Crippen molar-refractivity contribution in [2.75, 3.05) is 20.6 Å². The molecule has 0 aromatic heterocycles. The van der Waals surface area contributed by atoms with E-state index >= 15 is 0 Å². The first-order valence-corrected chi connectivity index (χ1v) is 9.96. The lowest BCUT2D eigenvalue weighted by molar-refractivity contribution is -0.163. The SMILES string of the molecule is C#C.C[C@H]1C(S[C@@H]2CN[C@H](C(=O)N(C)C)C2)=C(C(=O)O)N2C(=O)[C@H]([C@@H](C)O)C12. The number of aliphatic hydroxyl groups excluding tert-OH is 1. The average molecular weight is 410 g/mol. The molecule has 9 heteroatoms. The van der Waals surface area contributed by atoms with Gasteiger partial charge in [0, 0.05) is 36.7 Å². The number of likely N-dealkylation sites (N-methyl/N-ethyl adjacent to an activating group) is 1. The van der Waals surface area contributed by atoms with Crippen molar-refractivity contribution >= 4 is 29.5 Å². The summed E-state index contributed by atoms with van der Waals surface area (Å²) in [4.78, 5) is 39.8. The number of carboxylic acid groups (broad SMARTS) is 1. The van der Waals surface area contributed by atoms with E-state index in [4.69, 9.17) is 0 Å². The van der Waals surface area contributed by atoms with Gasteiger partial charge >= 0.3 is 5.97 Å². The number of β-lactam (4-membered cyclic amide) rings is 1. The Hall–Kier alpha value is -2.02. The van der Waals surface area contributed by atoms with Crippen molar-refractivity contribution in [2.45, 2.75) is 43.7 Å². The average Bonchev–Trinajstić information content (AvgIpc) is 3.18. The molecule has 154 valence electrons. The van der Waals surface area contributed by atoms with Crippen LogP contribution in [0.4, 0.5) is 0 Å². The van der Waals surface area contributed by atoms with Crippen LogP contribution >= 0.6 is 11.8 Å². The van der Waals surface area contributed by atoms with Gasteiger partial charge in [0.25, 0.3) is 0 Å². The Morgan fingerprint density at radius 1 is 1.36 bits per heavy atom. The Morgan fingerprint density at radius 2 is 1.96 bits per heavy atom. The minimum absolute atomic E-state index is 0.00757. The maximum atomic E-state index is 12.3. The lowest BCUT2D eigenvalue weighted by Crippen LogP contribution is -2.63. The number of fused-ring (bicyclic) bond motifs is 1. The molecule has 0 bridgehead atoms. The highest BCUT2D eigenvalue weighted by atomic mass is 32.2. The Bertz CT molecular complexity index is 718. The largest absolute Gasteiger partial charge is 0.477 e. The summed E-state index contributed by atoms with van der Waals surface area (Å²) in [5.74, 6) is -2.14. The standard InChI is InChI=1S/C17H25N3O5S.C2H2/c1-7-12-11(8(2)21)16(23)20(12)13(17(24)25)14(7)26-9-5-10(18-6-9)15(22)19(3)4;1-2/h7-12,18,21H,5-6H2,1-4H3,(H,24,25);1-2H/t7-,8-,9+,10+,11-,12?;/m1./s1. The summed E-state index contributed by atoms with van der Waals surface area (Å²) < 4.78 is 0. The first-order chi connectivity index (χ1) is 13.1. The first-order valence-electron chi connectivity index (χ1n) is 9.08. The number of amides is 2. The predicted molar refractivity (Wildman–Crippen MR) is 106 cm³/mol. The summed E-state index contributed by atoms with van der Waals surface area (Å²) in [6, 6.07) is -0.568. The molecule has 0 saturated carbocycles. The molecule has 8 nitrogen and oxygen atoms in total. The molecule has 0 spiro atoms. The van der Waals surface area contributed by atoms with E-state index in [0.717, 1.165) is 0 Å². The van der Waals surface area contributed by atoms with Gasteiger partial charge in [-0.1, -0.05) is 6.92 Å². The van der Waals surface area contributed by atoms with E-state index in [2.05, 4.69) is 18.2 Å². The van der Waals surface area contributed by atoms with Crippen LogP contribution in [0.3, 0.4) is 0 Å². The van der Waals surface area contributed by atoms with E-state index in [1.54, 1.807) is 25.9 Å². The zero-order valence-corrected chi connectivity index (χ0v) is 17.3. The smallest absolute Gasteiger partial charge is 0.353 e. The van der Waals surface area contributed by atoms with Gasteiger partial charge in [0.05, 0.1) is 24.1 Å². The third kappa shape index (κ3) is 3.64. The van der Waals surface area contributed by atoms with Gasteiger partial charge < -0.3 is 25.3 Å². The molecule has 3 N–H and O–H groups in total. The minimum Gasteiger partial charge on any atom is -0.477 e. The minimum atomic E-state index is -1.12. The van der Waals surface area contributed by atoms with Crippen LogP contribution in [0.25, 0.3) is 0 Å². The van der Waals surface area contributed by atoms with Crippen LogP contribution in [0.5, 0.6) is 0 Å². The molecule has 3 aliphatic rings. The Labute approximate surface area is 169 Å². The number of terminal acetylenes is 1. The van der Waals surface area contributed by atoms with Gasteiger partial charge in [0.2, 0.25) is 11.8 Å². The lowest BCUT2D eigenvalue weighted by atomic mass is 9.79. The normalized spacial score (nSPS) is 32.2. The van der Waals surface area contributed by atoms with Crippen molar-refractivity contribution in [3.63, 3.8) is 0 Å². The molecule has 0 radical (unpaired) electrons. The fourth-order valence-electron chi connectivity index (χ4n) is 4.15. The van der Waals surface area contributed by atoms with Crippen LogP contribution in [0, 0.1) is 24.7 Å². The highest BCUT2D eigenvalue weighted by molar-refractivity contribution is 8.03. The van der Waals surface area contributed by atoms with Gasteiger partial charge in [-0.2, -0.15) is 0 Å². The number of aliphatic hydroxyl groups is 1. The molecule has 0 aromatic rings. The fraction of sp³-hybridized carbons (Fsp3) is 0.632. The van der Waals surface area contributed by atoms with Crippen LogP contribution in [-0.4, -0.2) is 81.9 Å². The highest BCUT2D eigenvalue weighted by Gasteiger charge is 2.60. The molecule has 28 heavy (non-hydrogen) atoms. The molecule has 6 atom stereocenters. The summed E-state index contributed by atoms with van der Waals surface area (Å²) in [6.07, 6.45) is 7.81. The number of carbonyl (C=O) groups is 3. The summed E-state index contributed by atoms with van der Waals surface area (Å²) >= 11 is 1.45. The second-order valence-electron chi connectivity index (χ2n) is 7.44. The third-order valence-corrected chi connectivity index (χ3v) is 6.95. The van der Waals surface area contributed by atoms with E-state index in [1.807, 2.05) is 6.92 Å². The predicted octanol–water partition coefficient (Wildman–Crippen LogP) is -0.0586. The zero-order valence-electron chi connectivity index (χ0n) is 16.5. The van der Waals surface area contributed by atoms with Crippen molar-refractivity contribution in [1.29, 1.82) is 0 Å². The second-order valence-corrected chi connectivity index (χ2v) is 8.78. The van der Waals surface area contributed by atoms with Crippen LogP contribution in [-0.2, 0) is 14.4 Å². The van der Waals surface area contributed by atoms with Gasteiger partial charge in [0.1, 0.15) is 5.70 Å². The van der Waals surface area contributed by atoms with Crippen molar-refractivity contribution in [2.24, 2.45) is 11.8 Å². The number of thioether (sulfide) groups is 1. The van der Waals surface area contributed by atoms with E-state index in [-0.39, 0.29) is 40.8 Å². The maximum absolute atomic E-state index is 12.3. The van der Waals surface area contributed by atoms with Crippen LogP contribution < -0.4 is 5.32 Å². The molecule has 2 fully saturated rings. The van der Waals surface area contributed by atoms with E-state index in [0.29, 0.717) is 17.9 Å². The summed E-state index contributed by atoms with van der Waals surface area (Å²) in [5, 5.41) is 22.8. The summed E-state index contributed by atoms with van der Waals surface area (Å²) in [7, 11) is 3.42. The lowest BCUT2D eigenvalue weighted by Gasteiger charge is -2.46. The Balaban J connectivity index is 0.00000136. The third-order valence-electron chi connectivity index (χ3n) is 5.43. The molecule has 1 unspecified atom stereocenters. The quantitative estimate of drug-likeness (QED) is 0.431. The molecule has 0 aliphatic carbocycles. The van der Waals surface area contributed by atoms with E-state index in [1.165, 1.54) is 16.7 Å². The molecule has 2 amide bonds. The van der Waals surface area contributed by atoms with Crippen molar-refractivity contribution < 1.29 is 24.6 Å². The first kappa shape index (κ1) is 22.3. The maximum Gasteiger partial charge on any atom is 0.353 e. The highest BCUT2D eigenvalue weighted by Crippen LogP contribution is 2.51. The monoisotopic (exact) mass is 409 g/mol. The summed E-state index contributed by atoms with van der Waals surface area (Å²) in [6.45, 7) is 4.08. The summed E-state index contributed by atoms with van der Waals surface area (Å²) in [5.41, 5.74) is 0.0387. The van der Waals surface area contributed by atoms with Gasteiger partial charge in [-0.25, -0.2) is 4.79 Å². The number of hydrogen-bond donors (Lipinski definition) is 3. The Kier molecular flexibility index (Phi) is 6.80. The molecule has 2 saturated heterocycles. The fourth-order valence-corrected chi connectivity index (χ4v) is 5.63. The van der Waals surface area contributed by atoms with Gasteiger partial charge in [-0.15, -0.1) is 24.6 Å². The van der Waals surface area contributed by atoms with Crippen LogP contribution in [0.15, 0.2) is 10.6 Å². The Morgan fingerprint density at radius 3 is 2.46 bits per heavy atom.